The van der Waals surface area contributed by atoms with Gasteiger partial charge >= 0.3 is 0 Å². The number of ether oxygens (including phenoxy) is 1. The van der Waals surface area contributed by atoms with Crippen LogP contribution in [0.4, 0.5) is 0 Å². The molecule has 2 atom stereocenters. The fourth-order valence-corrected chi connectivity index (χ4v) is 4.00. The zero-order valence-corrected chi connectivity index (χ0v) is 16.0. The molecule has 6 nitrogen and oxygen atoms in total. The summed E-state index contributed by atoms with van der Waals surface area (Å²) in [6.45, 7) is 2.80. The topological polar surface area (TPSA) is 53.1 Å². The number of hydrogen-bond donors (Lipinski definition) is 0. The predicted molar refractivity (Wildman–Crippen MR) is 99.9 cm³/mol. The quantitative estimate of drug-likeness (QED) is 0.777. The average molecular weight is 359 g/mol. The van der Waals surface area contributed by atoms with Crippen LogP contribution >= 0.6 is 0 Å². The van der Waals surface area contributed by atoms with Crippen LogP contribution in [-0.2, 0) is 9.59 Å². The number of likely N-dealkylation sites (N-methyl/N-ethyl adjacent to an activating group) is 1. The van der Waals surface area contributed by atoms with E-state index in [4.69, 9.17) is 4.74 Å². The van der Waals surface area contributed by atoms with Gasteiger partial charge < -0.3 is 19.4 Å². The normalized spacial score (nSPS) is 23.2. The number of carbonyl (C=O) groups is 2. The van der Waals surface area contributed by atoms with Crippen molar-refractivity contribution in [3.8, 4) is 5.75 Å². The third-order valence-electron chi connectivity index (χ3n) is 5.41. The van der Waals surface area contributed by atoms with Gasteiger partial charge in [0, 0.05) is 38.2 Å². The fraction of sp³-hybridized carbons (Fsp3) is 0.600. The molecule has 2 unspecified atom stereocenters. The summed E-state index contributed by atoms with van der Waals surface area (Å²) >= 11 is 0. The van der Waals surface area contributed by atoms with Crippen molar-refractivity contribution in [1.29, 1.82) is 0 Å². The lowest BCUT2D eigenvalue weighted by molar-refractivity contribution is -0.136. The van der Waals surface area contributed by atoms with Crippen molar-refractivity contribution < 1.29 is 14.3 Å². The minimum atomic E-state index is -0.222. The summed E-state index contributed by atoms with van der Waals surface area (Å²) < 4.78 is 5.49. The number of amides is 2. The van der Waals surface area contributed by atoms with Crippen molar-refractivity contribution in [2.24, 2.45) is 5.92 Å². The number of methoxy groups -OCH3 is 1. The summed E-state index contributed by atoms with van der Waals surface area (Å²) in [5, 5.41) is 0. The first kappa shape index (κ1) is 18.7. The molecule has 3 rings (SSSR count). The largest absolute Gasteiger partial charge is 0.496 e. The number of benzene rings is 1. The van der Waals surface area contributed by atoms with E-state index in [1.165, 1.54) is 0 Å². The second-order valence-electron chi connectivity index (χ2n) is 7.48. The van der Waals surface area contributed by atoms with E-state index in [1.807, 2.05) is 48.2 Å². The van der Waals surface area contributed by atoms with Crippen LogP contribution in [0.3, 0.4) is 0 Å². The first-order chi connectivity index (χ1) is 12.5. The van der Waals surface area contributed by atoms with Crippen molar-refractivity contribution in [3.05, 3.63) is 29.8 Å². The van der Waals surface area contributed by atoms with Crippen LogP contribution in [0, 0.1) is 5.92 Å². The average Bonchev–Trinajstić information content (AvgIpc) is 3.26. The van der Waals surface area contributed by atoms with Gasteiger partial charge in [-0.05, 0) is 33.0 Å². The molecule has 2 aliphatic heterocycles. The van der Waals surface area contributed by atoms with Crippen molar-refractivity contribution >= 4 is 11.8 Å². The Balaban J connectivity index is 1.70. The number of rotatable bonds is 6. The van der Waals surface area contributed by atoms with Gasteiger partial charge in [-0.2, -0.15) is 0 Å². The number of carbonyl (C=O) groups excluding carboxylic acids is 2. The maximum absolute atomic E-state index is 13.2. The highest BCUT2D eigenvalue weighted by Gasteiger charge is 2.40. The number of nitrogens with zero attached hydrogens (tertiary/aromatic N) is 3. The molecule has 0 aromatic heterocycles. The minimum absolute atomic E-state index is 0.0459. The Hall–Kier alpha value is -2.08. The van der Waals surface area contributed by atoms with Gasteiger partial charge in [0.05, 0.1) is 19.1 Å². The first-order valence-corrected chi connectivity index (χ1v) is 9.37. The van der Waals surface area contributed by atoms with E-state index in [0.29, 0.717) is 19.5 Å². The van der Waals surface area contributed by atoms with Crippen molar-refractivity contribution in [2.45, 2.75) is 25.3 Å². The molecule has 142 valence electrons. The molecule has 26 heavy (non-hydrogen) atoms. The Morgan fingerprint density at radius 3 is 2.81 bits per heavy atom. The summed E-state index contributed by atoms with van der Waals surface area (Å²) in [5.41, 5.74) is 1.06. The second kappa shape index (κ2) is 8.08. The Morgan fingerprint density at radius 1 is 1.31 bits per heavy atom. The van der Waals surface area contributed by atoms with Gasteiger partial charge in [0.1, 0.15) is 5.75 Å². The molecule has 0 aliphatic carbocycles. The molecule has 0 N–H and O–H groups in total. The summed E-state index contributed by atoms with van der Waals surface area (Å²) in [5.74, 6) is 0.810. The summed E-state index contributed by atoms with van der Waals surface area (Å²) in [4.78, 5) is 31.3. The van der Waals surface area contributed by atoms with E-state index >= 15 is 0 Å². The molecule has 6 heteroatoms. The van der Waals surface area contributed by atoms with Gasteiger partial charge in [0.25, 0.3) is 0 Å². The number of likely N-dealkylation sites (tertiary alicyclic amines) is 2. The zero-order chi connectivity index (χ0) is 18.7. The van der Waals surface area contributed by atoms with E-state index in [0.717, 1.165) is 37.2 Å². The molecule has 2 saturated heterocycles. The van der Waals surface area contributed by atoms with Gasteiger partial charge in [-0.25, -0.2) is 0 Å². The van der Waals surface area contributed by atoms with Gasteiger partial charge in [-0.1, -0.05) is 18.2 Å². The first-order valence-electron chi connectivity index (χ1n) is 9.37. The highest BCUT2D eigenvalue weighted by Crippen LogP contribution is 2.38. The van der Waals surface area contributed by atoms with E-state index in [2.05, 4.69) is 4.90 Å². The molecule has 0 radical (unpaired) electrons. The summed E-state index contributed by atoms with van der Waals surface area (Å²) in [6.07, 6.45) is 2.26. The number of hydrogen-bond acceptors (Lipinski definition) is 4. The van der Waals surface area contributed by atoms with Crippen LogP contribution in [0.2, 0.25) is 0 Å². The summed E-state index contributed by atoms with van der Waals surface area (Å²) in [7, 11) is 5.65. The van der Waals surface area contributed by atoms with Crippen LogP contribution in [0.5, 0.6) is 5.75 Å². The summed E-state index contributed by atoms with van der Waals surface area (Å²) in [6, 6.07) is 7.96. The Kier molecular flexibility index (Phi) is 5.81. The fourth-order valence-electron chi connectivity index (χ4n) is 4.00. The lowest BCUT2D eigenvalue weighted by Gasteiger charge is -2.28. The van der Waals surface area contributed by atoms with E-state index in [-0.39, 0.29) is 23.8 Å². The highest BCUT2D eigenvalue weighted by molar-refractivity contribution is 5.89. The third-order valence-corrected chi connectivity index (χ3v) is 5.41. The molecule has 1 aromatic rings. The molecule has 2 heterocycles. The second-order valence-corrected chi connectivity index (χ2v) is 7.48. The van der Waals surface area contributed by atoms with Crippen LogP contribution in [0.15, 0.2) is 24.3 Å². The predicted octanol–water partition coefficient (Wildman–Crippen LogP) is 1.77. The monoisotopic (exact) mass is 359 g/mol. The standard InChI is InChI=1S/C20H29N3O3/c1-21(2)11-12-22-14-15(13-19(22)24)20(25)23-10-6-8-17(23)16-7-4-5-9-18(16)26-3/h4-5,7,9,15,17H,6,8,10-14H2,1-3H3. The van der Waals surface area contributed by atoms with Crippen molar-refractivity contribution in [2.75, 3.05) is 47.4 Å². The SMILES string of the molecule is COc1ccccc1C1CCCN1C(=O)C1CC(=O)N(CCN(C)C)C1. The molecule has 2 amide bonds. The Labute approximate surface area is 155 Å². The van der Waals surface area contributed by atoms with Crippen LogP contribution in [-0.4, -0.2) is 73.9 Å². The molecular weight excluding hydrogens is 330 g/mol. The van der Waals surface area contributed by atoms with Gasteiger partial charge in [-0.3, -0.25) is 9.59 Å². The molecular formula is C20H29N3O3. The van der Waals surface area contributed by atoms with Crippen LogP contribution in [0.25, 0.3) is 0 Å². The van der Waals surface area contributed by atoms with Crippen LogP contribution < -0.4 is 4.74 Å². The molecule has 2 aliphatic rings. The van der Waals surface area contributed by atoms with E-state index in [1.54, 1.807) is 7.11 Å². The van der Waals surface area contributed by atoms with Crippen molar-refractivity contribution in [3.63, 3.8) is 0 Å². The lowest BCUT2D eigenvalue weighted by Crippen LogP contribution is -2.38. The van der Waals surface area contributed by atoms with Gasteiger partial charge in [-0.15, -0.1) is 0 Å². The minimum Gasteiger partial charge on any atom is -0.496 e. The molecule has 2 fully saturated rings. The molecule has 0 spiro atoms. The van der Waals surface area contributed by atoms with Crippen LogP contribution in [0.1, 0.15) is 30.9 Å². The maximum Gasteiger partial charge on any atom is 0.228 e. The highest BCUT2D eigenvalue weighted by atomic mass is 16.5. The molecule has 0 saturated carbocycles. The smallest absolute Gasteiger partial charge is 0.228 e. The van der Waals surface area contributed by atoms with Gasteiger partial charge in [0.2, 0.25) is 11.8 Å². The van der Waals surface area contributed by atoms with E-state index < -0.39 is 0 Å². The third kappa shape index (κ3) is 3.85. The number of para-hydroxylation sites is 1. The Bertz CT molecular complexity index is 661. The Morgan fingerprint density at radius 2 is 2.08 bits per heavy atom. The van der Waals surface area contributed by atoms with E-state index in [9.17, 15) is 9.59 Å². The lowest BCUT2D eigenvalue weighted by atomic mass is 10.0. The maximum atomic E-state index is 13.2. The van der Waals surface area contributed by atoms with Gasteiger partial charge in [0.15, 0.2) is 0 Å². The van der Waals surface area contributed by atoms with Crippen molar-refractivity contribution in [1.82, 2.24) is 14.7 Å². The zero-order valence-electron chi connectivity index (χ0n) is 16.0. The molecule has 1 aromatic carbocycles. The molecule has 0 bridgehead atoms.